The van der Waals surface area contributed by atoms with Crippen LogP contribution < -0.4 is 0 Å². The molecule has 0 unspecified atom stereocenters. The van der Waals surface area contributed by atoms with Gasteiger partial charge in [-0.25, -0.2) is 0 Å². The fourth-order valence-corrected chi connectivity index (χ4v) is 2.39. The lowest BCUT2D eigenvalue weighted by Gasteiger charge is -2.19. The number of phenols is 2. The minimum atomic E-state index is -0.657. The molecule has 0 atom stereocenters. The number of aromatic hydroxyl groups is 2. The molecule has 0 aliphatic heterocycles. The maximum Gasteiger partial charge on any atom is 0.198 e. The van der Waals surface area contributed by atoms with Crippen molar-refractivity contribution < 1.29 is 19.8 Å². The third-order valence-corrected chi connectivity index (χ3v) is 3.40. The second-order valence-corrected chi connectivity index (χ2v) is 4.59. The van der Waals surface area contributed by atoms with Gasteiger partial charge < -0.3 is 10.2 Å². The predicted octanol–water partition coefficient (Wildman–Crippen LogP) is 2.53. The monoisotopic (exact) mass is 274 g/mol. The molecule has 2 aromatic carbocycles. The highest BCUT2D eigenvalue weighted by Gasteiger charge is 2.33. The molecule has 0 bridgehead atoms. The Balaban J connectivity index is 2.40. The zero-order chi connectivity index (χ0) is 13.7. The molecular formula is C14H7ClO4. The Bertz CT molecular complexity index is 749. The first-order valence-corrected chi connectivity index (χ1v) is 5.83. The number of halogens is 1. The van der Waals surface area contributed by atoms with E-state index in [0.717, 1.165) is 0 Å². The second kappa shape index (κ2) is 3.83. The van der Waals surface area contributed by atoms with E-state index in [1.807, 2.05) is 0 Å². The van der Waals surface area contributed by atoms with E-state index in [4.69, 9.17) is 11.6 Å². The van der Waals surface area contributed by atoms with Crippen LogP contribution in [-0.4, -0.2) is 21.8 Å². The summed E-state index contributed by atoms with van der Waals surface area (Å²) in [6.45, 7) is 0. The molecule has 2 N–H and O–H groups in total. The number of carbonyl (C=O) groups excluding carboxylic acids is 2. The van der Waals surface area contributed by atoms with Crippen molar-refractivity contribution in [3.05, 3.63) is 57.6 Å². The van der Waals surface area contributed by atoms with Crippen LogP contribution in [0.2, 0.25) is 5.02 Å². The number of phenolic OH excluding ortho intramolecular Hbond substituents is 2. The molecule has 0 aromatic heterocycles. The summed E-state index contributed by atoms with van der Waals surface area (Å²) in [5.41, 5.74) is 0.271. The molecule has 94 valence electrons. The van der Waals surface area contributed by atoms with Crippen molar-refractivity contribution in [2.24, 2.45) is 0 Å². The van der Waals surface area contributed by atoms with E-state index in [1.165, 1.54) is 18.2 Å². The minimum Gasteiger partial charge on any atom is -0.504 e. The number of ketones is 2. The summed E-state index contributed by atoms with van der Waals surface area (Å²) in [6, 6.07) is 7.51. The van der Waals surface area contributed by atoms with E-state index in [0.29, 0.717) is 0 Å². The molecule has 4 nitrogen and oxygen atoms in total. The highest BCUT2D eigenvalue weighted by Crippen LogP contribution is 2.42. The van der Waals surface area contributed by atoms with Crippen LogP contribution in [0.3, 0.4) is 0 Å². The van der Waals surface area contributed by atoms with Crippen molar-refractivity contribution in [3.63, 3.8) is 0 Å². The third kappa shape index (κ3) is 1.47. The van der Waals surface area contributed by atoms with Gasteiger partial charge in [-0.2, -0.15) is 0 Å². The van der Waals surface area contributed by atoms with Crippen molar-refractivity contribution in [1.29, 1.82) is 0 Å². The van der Waals surface area contributed by atoms with E-state index in [2.05, 4.69) is 0 Å². The van der Waals surface area contributed by atoms with Crippen LogP contribution in [0.25, 0.3) is 0 Å². The van der Waals surface area contributed by atoms with Crippen molar-refractivity contribution in [2.75, 3.05) is 0 Å². The number of carbonyl (C=O) groups is 2. The molecule has 0 fully saturated rings. The molecule has 1 aliphatic rings. The van der Waals surface area contributed by atoms with E-state index in [9.17, 15) is 19.8 Å². The van der Waals surface area contributed by atoms with Crippen molar-refractivity contribution in [2.45, 2.75) is 0 Å². The molecule has 1 aliphatic carbocycles. The number of hydrogen-bond donors (Lipinski definition) is 2. The third-order valence-electron chi connectivity index (χ3n) is 3.12. The quantitative estimate of drug-likeness (QED) is 0.618. The van der Waals surface area contributed by atoms with Crippen LogP contribution in [0.1, 0.15) is 31.8 Å². The first kappa shape index (κ1) is 11.7. The molecule has 0 saturated heterocycles. The van der Waals surface area contributed by atoms with Gasteiger partial charge >= 0.3 is 0 Å². The summed E-state index contributed by atoms with van der Waals surface area (Å²) in [4.78, 5) is 24.5. The molecule has 0 amide bonds. The topological polar surface area (TPSA) is 74.6 Å². The molecule has 19 heavy (non-hydrogen) atoms. The number of hydrogen-bond acceptors (Lipinski definition) is 4. The lowest BCUT2D eigenvalue weighted by atomic mass is 9.83. The molecule has 5 heteroatoms. The van der Waals surface area contributed by atoms with Gasteiger partial charge in [0.1, 0.15) is 0 Å². The predicted molar refractivity (Wildman–Crippen MR) is 68.1 cm³/mol. The van der Waals surface area contributed by atoms with E-state index in [-0.39, 0.29) is 27.3 Å². The van der Waals surface area contributed by atoms with Gasteiger partial charge in [0.15, 0.2) is 23.1 Å². The summed E-state index contributed by atoms with van der Waals surface area (Å²) in [5.74, 6) is -2.16. The summed E-state index contributed by atoms with van der Waals surface area (Å²) >= 11 is 5.72. The van der Waals surface area contributed by atoms with E-state index in [1.54, 1.807) is 12.1 Å². The highest BCUT2D eigenvalue weighted by atomic mass is 35.5. The van der Waals surface area contributed by atoms with Crippen molar-refractivity contribution in [3.8, 4) is 11.5 Å². The molecule has 0 saturated carbocycles. The fraction of sp³-hybridized carbons (Fsp3) is 0. The summed E-state index contributed by atoms with van der Waals surface area (Å²) in [7, 11) is 0. The minimum absolute atomic E-state index is 0.00370. The van der Waals surface area contributed by atoms with Crippen LogP contribution >= 0.6 is 11.6 Å². The maximum absolute atomic E-state index is 12.3. The van der Waals surface area contributed by atoms with Gasteiger partial charge in [-0.15, -0.1) is 0 Å². The summed E-state index contributed by atoms with van der Waals surface area (Å²) in [5, 5.41) is 19.2. The molecule has 0 spiro atoms. The average molecular weight is 275 g/mol. The summed E-state index contributed by atoms with van der Waals surface area (Å²) in [6.07, 6.45) is 0. The Morgan fingerprint density at radius 3 is 2.05 bits per heavy atom. The molecule has 2 aromatic rings. The largest absolute Gasteiger partial charge is 0.504 e. The molecular weight excluding hydrogens is 268 g/mol. The van der Waals surface area contributed by atoms with Gasteiger partial charge in [0.25, 0.3) is 0 Å². The summed E-state index contributed by atoms with van der Waals surface area (Å²) < 4.78 is 0. The van der Waals surface area contributed by atoms with Crippen LogP contribution in [-0.2, 0) is 0 Å². The normalized spacial score (nSPS) is 13.1. The van der Waals surface area contributed by atoms with E-state index < -0.39 is 23.1 Å². The first-order valence-electron chi connectivity index (χ1n) is 5.45. The van der Waals surface area contributed by atoms with Crippen LogP contribution in [0.5, 0.6) is 11.5 Å². The molecule has 0 heterocycles. The van der Waals surface area contributed by atoms with Crippen LogP contribution in [0.15, 0.2) is 30.3 Å². The zero-order valence-electron chi connectivity index (χ0n) is 9.48. The Morgan fingerprint density at radius 2 is 1.42 bits per heavy atom. The Labute approximate surface area is 112 Å². The fourth-order valence-electron chi connectivity index (χ4n) is 2.19. The van der Waals surface area contributed by atoms with Gasteiger partial charge in [-0.05, 0) is 6.07 Å². The van der Waals surface area contributed by atoms with E-state index >= 15 is 0 Å². The number of rotatable bonds is 0. The average Bonchev–Trinajstić information content (AvgIpc) is 2.42. The number of benzene rings is 2. The van der Waals surface area contributed by atoms with Gasteiger partial charge in [0.05, 0.1) is 10.6 Å². The lowest BCUT2D eigenvalue weighted by Crippen LogP contribution is -2.20. The maximum atomic E-state index is 12.3. The molecule has 3 rings (SSSR count). The number of fused-ring (bicyclic) bond motifs is 2. The van der Waals surface area contributed by atoms with Gasteiger partial charge in [0.2, 0.25) is 0 Å². The van der Waals surface area contributed by atoms with Gasteiger partial charge in [-0.1, -0.05) is 35.9 Å². The van der Waals surface area contributed by atoms with Crippen molar-refractivity contribution in [1.82, 2.24) is 0 Å². The molecule has 0 radical (unpaired) electrons. The van der Waals surface area contributed by atoms with Crippen molar-refractivity contribution >= 4 is 23.2 Å². The smallest absolute Gasteiger partial charge is 0.198 e. The Morgan fingerprint density at radius 1 is 0.842 bits per heavy atom. The lowest BCUT2D eigenvalue weighted by molar-refractivity contribution is 0.0976. The Kier molecular flexibility index (Phi) is 2.37. The van der Waals surface area contributed by atoms with Gasteiger partial charge in [0, 0.05) is 16.7 Å². The SMILES string of the molecule is O=C1c2ccccc2C(=O)c2c1cc(Cl)c(O)c2O. The second-order valence-electron chi connectivity index (χ2n) is 4.18. The van der Waals surface area contributed by atoms with Crippen LogP contribution in [0.4, 0.5) is 0 Å². The zero-order valence-corrected chi connectivity index (χ0v) is 10.2. The first-order chi connectivity index (χ1) is 9.02. The van der Waals surface area contributed by atoms with Crippen LogP contribution in [0, 0.1) is 0 Å². The standard InChI is InChI=1S/C14H7ClO4/c15-9-5-8-10(14(19)13(9)18)12(17)7-4-2-1-3-6(7)11(8)16/h1-5,18-19H. The Hall–Kier alpha value is -2.33. The van der Waals surface area contributed by atoms with Gasteiger partial charge in [-0.3, -0.25) is 9.59 Å². The highest BCUT2D eigenvalue weighted by molar-refractivity contribution is 6.35.